The van der Waals surface area contributed by atoms with Gasteiger partial charge < -0.3 is 5.32 Å². The van der Waals surface area contributed by atoms with Crippen molar-refractivity contribution in [1.82, 2.24) is 10.0 Å². The van der Waals surface area contributed by atoms with Gasteiger partial charge in [0.15, 0.2) is 14.9 Å². The molecule has 1 amide bonds. The Morgan fingerprint density at radius 3 is 2.44 bits per heavy atom. The van der Waals surface area contributed by atoms with Crippen LogP contribution in [0, 0.1) is 0 Å². The summed E-state index contributed by atoms with van der Waals surface area (Å²) in [6, 6.07) is -0.426. The highest BCUT2D eigenvalue weighted by atomic mass is 32.3. The molecule has 1 aliphatic heterocycles. The quantitative estimate of drug-likeness (QED) is 0.625. The monoisotopic (exact) mass is 270 g/mol. The SMILES string of the molecule is CS(=O)(=O)CS(=O)(=O)NC1CCC(=O)NC1. The number of amides is 1. The Bertz CT molecular complexity index is 457. The number of sulfonamides is 1. The standard InChI is InChI=1S/C7H14N2O5S2/c1-15(11,12)5-16(13,14)9-6-2-3-7(10)8-4-6/h6,9H,2-5H2,1H3,(H,8,10). The topological polar surface area (TPSA) is 109 Å². The maximum Gasteiger partial charge on any atom is 0.226 e. The summed E-state index contributed by atoms with van der Waals surface area (Å²) in [5.74, 6) is -0.126. The number of sulfone groups is 1. The van der Waals surface area contributed by atoms with Gasteiger partial charge in [-0.2, -0.15) is 0 Å². The van der Waals surface area contributed by atoms with Gasteiger partial charge in [-0.25, -0.2) is 21.6 Å². The molecule has 94 valence electrons. The molecular weight excluding hydrogens is 256 g/mol. The van der Waals surface area contributed by atoms with Gasteiger partial charge in [0.1, 0.15) is 0 Å². The smallest absolute Gasteiger partial charge is 0.226 e. The first kappa shape index (κ1) is 13.4. The predicted molar refractivity (Wildman–Crippen MR) is 57.8 cm³/mol. The molecule has 0 aliphatic carbocycles. The molecule has 1 saturated heterocycles. The minimum Gasteiger partial charge on any atom is -0.355 e. The van der Waals surface area contributed by atoms with E-state index >= 15 is 0 Å². The third-order valence-corrected chi connectivity index (χ3v) is 5.63. The van der Waals surface area contributed by atoms with E-state index < -0.39 is 31.0 Å². The highest BCUT2D eigenvalue weighted by Gasteiger charge is 2.25. The van der Waals surface area contributed by atoms with Crippen LogP contribution >= 0.6 is 0 Å². The van der Waals surface area contributed by atoms with Crippen molar-refractivity contribution < 1.29 is 21.6 Å². The van der Waals surface area contributed by atoms with Gasteiger partial charge in [-0.15, -0.1) is 0 Å². The lowest BCUT2D eigenvalue weighted by Crippen LogP contribution is -2.48. The third kappa shape index (κ3) is 4.90. The average molecular weight is 270 g/mol. The Kier molecular flexibility index (Phi) is 3.92. The number of hydrogen-bond donors (Lipinski definition) is 2. The molecule has 1 aliphatic rings. The number of carbonyl (C=O) groups excluding carboxylic acids is 1. The number of carbonyl (C=O) groups is 1. The Morgan fingerprint density at radius 2 is 2.00 bits per heavy atom. The van der Waals surface area contributed by atoms with Gasteiger partial charge in [-0.3, -0.25) is 4.79 Å². The fourth-order valence-electron chi connectivity index (χ4n) is 1.40. The Labute approximate surface area is 94.6 Å². The Hall–Kier alpha value is -0.670. The van der Waals surface area contributed by atoms with Crippen molar-refractivity contribution >= 4 is 25.8 Å². The lowest BCUT2D eigenvalue weighted by molar-refractivity contribution is -0.122. The van der Waals surface area contributed by atoms with E-state index in [0.717, 1.165) is 6.26 Å². The van der Waals surface area contributed by atoms with E-state index in [2.05, 4.69) is 10.0 Å². The van der Waals surface area contributed by atoms with Crippen LogP contribution in [-0.2, 0) is 24.7 Å². The van der Waals surface area contributed by atoms with Crippen LogP contribution in [0.2, 0.25) is 0 Å². The van der Waals surface area contributed by atoms with Crippen LogP contribution in [0.4, 0.5) is 0 Å². The molecule has 0 saturated carbocycles. The largest absolute Gasteiger partial charge is 0.355 e. The summed E-state index contributed by atoms with van der Waals surface area (Å²) >= 11 is 0. The maximum atomic E-state index is 11.4. The summed E-state index contributed by atoms with van der Waals surface area (Å²) in [7, 11) is -7.43. The normalized spacial score (nSPS) is 22.8. The minimum absolute atomic E-state index is 0.126. The Morgan fingerprint density at radius 1 is 1.38 bits per heavy atom. The third-order valence-electron chi connectivity index (χ3n) is 1.98. The summed E-state index contributed by atoms with van der Waals surface area (Å²) in [6.07, 6.45) is 1.48. The van der Waals surface area contributed by atoms with Crippen LogP contribution in [0.5, 0.6) is 0 Å². The molecule has 0 aromatic rings. The van der Waals surface area contributed by atoms with Crippen LogP contribution in [0.3, 0.4) is 0 Å². The zero-order valence-electron chi connectivity index (χ0n) is 8.76. The van der Waals surface area contributed by atoms with Gasteiger partial charge in [-0.1, -0.05) is 0 Å². The molecule has 1 fully saturated rings. The number of hydrogen-bond acceptors (Lipinski definition) is 5. The van der Waals surface area contributed by atoms with Gasteiger partial charge in [-0.05, 0) is 6.42 Å². The molecule has 0 spiro atoms. The van der Waals surface area contributed by atoms with Gasteiger partial charge >= 0.3 is 0 Å². The van der Waals surface area contributed by atoms with Crippen molar-refractivity contribution in [2.24, 2.45) is 0 Å². The first-order valence-electron chi connectivity index (χ1n) is 4.62. The molecule has 1 rings (SSSR count). The van der Waals surface area contributed by atoms with Gasteiger partial charge in [0.05, 0.1) is 0 Å². The first-order chi connectivity index (χ1) is 7.18. The highest BCUT2D eigenvalue weighted by Crippen LogP contribution is 2.05. The number of rotatable bonds is 4. The van der Waals surface area contributed by atoms with E-state index in [0.29, 0.717) is 6.42 Å². The molecule has 1 unspecified atom stereocenters. The molecule has 2 N–H and O–H groups in total. The first-order valence-corrected chi connectivity index (χ1v) is 8.34. The lowest BCUT2D eigenvalue weighted by Gasteiger charge is -2.22. The second-order valence-corrected chi connectivity index (χ2v) is 8.08. The fourth-order valence-corrected chi connectivity index (χ4v) is 4.64. The average Bonchev–Trinajstić information content (AvgIpc) is 2.04. The molecular formula is C7H14N2O5S2. The van der Waals surface area contributed by atoms with Crippen molar-refractivity contribution in [1.29, 1.82) is 0 Å². The molecule has 0 aromatic heterocycles. The summed E-state index contributed by atoms with van der Waals surface area (Å²) in [5.41, 5.74) is 0. The van der Waals surface area contributed by atoms with Crippen LogP contribution in [0.1, 0.15) is 12.8 Å². The van der Waals surface area contributed by atoms with E-state index in [1.165, 1.54) is 0 Å². The zero-order valence-corrected chi connectivity index (χ0v) is 10.4. The predicted octanol–water partition coefficient (Wildman–Crippen LogP) is -1.81. The molecule has 9 heteroatoms. The molecule has 0 radical (unpaired) electrons. The molecule has 1 atom stereocenters. The van der Waals surface area contributed by atoms with E-state index in [1.807, 2.05) is 0 Å². The van der Waals surface area contributed by atoms with Gasteiger partial charge in [0, 0.05) is 25.3 Å². The van der Waals surface area contributed by atoms with E-state index in [4.69, 9.17) is 0 Å². The van der Waals surface area contributed by atoms with Crippen LogP contribution in [-0.4, -0.2) is 46.7 Å². The van der Waals surface area contributed by atoms with Gasteiger partial charge in [0.2, 0.25) is 15.9 Å². The molecule has 16 heavy (non-hydrogen) atoms. The fraction of sp³-hybridized carbons (Fsp3) is 0.857. The number of nitrogens with one attached hydrogen (secondary N) is 2. The van der Waals surface area contributed by atoms with Crippen LogP contribution in [0.25, 0.3) is 0 Å². The second kappa shape index (κ2) is 4.68. The summed E-state index contributed by atoms with van der Waals surface area (Å²) in [5, 5.41) is 1.58. The maximum absolute atomic E-state index is 11.4. The van der Waals surface area contributed by atoms with Crippen molar-refractivity contribution in [3.05, 3.63) is 0 Å². The molecule has 7 nitrogen and oxygen atoms in total. The van der Waals surface area contributed by atoms with E-state index in [9.17, 15) is 21.6 Å². The lowest BCUT2D eigenvalue weighted by atomic mass is 10.1. The highest BCUT2D eigenvalue weighted by molar-refractivity contribution is 8.06. The van der Waals surface area contributed by atoms with Crippen molar-refractivity contribution in [2.45, 2.75) is 18.9 Å². The molecule has 1 heterocycles. The Balaban J connectivity index is 2.57. The zero-order chi connectivity index (χ0) is 12.4. The van der Waals surface area contributed by atoms with Crippen LogP contribution < -0.4 is 10.0 Å². The van der Waals surface area contributed by atoms with E-state index in [1.54, 1.807) is 0 Å². The van der Waals surface area contributed by atoms with E-state index in [-0.39, 0.29) is 18.9 Å². The summed E-state index contributed by atoms with van der Waals surface area (Å²) in [4.78, 5) is 10.8. The van der Waals surface area contributed by atoms with Crippen molar-refractivity contribution in [3.63, 3.8) is 0 Å². The number of piperidine rings is 1. The van der Waals surface area contributed by atoms with Gasteiger partial charge in [0.25, 0.3) is 0 Å². The van der Waals surface area contributed by atoms with Crippen molar-refractivity contribution in [3.8, 4) is 0 Å². The second-order valence-electron chi connectivity index (χ2n) is 3.82. The summed E-state index contributed by atoms with van der Waals surface area (Å²) in [6.45, 7) is 0.196. The van der Waals surface area contributed by atoms with Crippen LogP contribution in [0.15, 0.2) is 0 Å². The summed E-state index contributed by atoms with van der Waals surface area (Å²) < 4.78 is 46.7. The minimum atomic E-state index is -3.85. The van der Waals surface area contributed by atoms with Crippen molar-refractivity contribution in [2.75, 3.05) is 17.9 Å². The molecule has 0 bridgehead atoms. The molecule has 0 aromatic carbocycles.